The summed E-state index contributed by atoms with van der Waals surface area (Å²) in [5.41, 5.74) is 0. The summed E-state index contributed by atoms with van der Waals surface area (Å²) in [6.07, 6.45) is 2.76. The Bertz CT molecular complexity index is 67.3. The first-order chi connectivity index (χ1) is 3.80. The molecule has 0 aromatic rings. The fourth-order valence-corrected chi connectivity index (χ4v) is 1.28. The van der Waals surface area contributed by atoms with Crippen LogP contribution in [0.25, 0.3) is 0 Å². The van der Waals surface area contributed by atoms with E-state index in [4.69, 9.17) is 0 Å². The molecule has 1 rings (SSSR count). The van der Waals surface area contributed by atoms with Crippen LogP contribution in [-0.4, -0.2) is 12.6 Å². The number of nitrogens with one attached hydrogen (secondary N) is 1. The molecule has 1 aliphatic heterocycles. The molecule has 0 spiro atoms. The van der Waals surface area contributed by atoms with Gasteiger partial charge in [0.15, 0.2) is 0 Å². The van der Waals surface area contributed by atoms with E-state index >= 15 is 0 Å². The fraction of sp³-hybridized carbons (Fsp3) is 1.00. The highest BCUT2D eigenvalue weighted by Crippen LogP contribution is 2.12. The highest BCUT2D eigenvalue weighted by molar-refractivity contribution is 4.76. The van der Waals surface area contributed by atoms with E-state index in [9.17, 15) is 0 Å². The molecule has 0 aromatic carbocycles. The van der Waals surface area contributed by atoms with Crippen molar-refractivity contribution in [2.75, 3.05) is 6.54 Å². The molecule has 2 heteroatoms. The van der Waals surface area contributed by atoms with Crippen molar-refractivity contribution in [1.29, 1.82) is 0 Å². The molecule has 1 unspecified atom stereocenters. The van der Waals surface area contributed by atoms with Gasteiger partial charge in [0.25, 0.3) is 0 Å². The molecular formula is C7H16FN. The van der Waals surface area contributed by atoms with E-state index in [1.807, 2.05) is 0 Å². The molecule has 0 aliphatic carbocycles. The Hall–Kier alpha value is -0.110. The van der Waals surface area contributed by atoms with Crippen LogP contribution in [0.5, 0.6) is 0 Å². The lowest BCUT2D eigenvalue weighted by atomic mass is 10.0. The first-order valence-electron chi connectivity index (χ1n) is 3.54. The number of hydrogen-bond donors (Lipinski definition) is 1. The molecule has 9 heavy (non-hydrogen) atoms. The highest BCUT2D eigenvalue weighted by Gasteiger charge is 2.16. The standard InChI is InChI=1S/C7H15N.FH/c1-6(2)7-4-3-5-8-7;/h6-8H,3-5H2,1-2H3;1H. The van der Waals surface area contributed by atoms with Crippen molar-refractivity contribution in [3.8, 4) is 0 Å². The van der Waals surface area contributed by atoms with Gasteiger partial charge in [0.05, 0.1) is 0 Å². The van der Waals surface area contributed by atoms with Crippen LogP contribution in [0.1, 0.15) is 26.7 Å². The van der Waals surface area contributed by atoms with Crippen LogP contribution >= 0.6 is 0 Å². The molecule has 1 atom stereocenters. The van der Waals surface area contributed by atoms with Crippen molar-refractivity contribution in [2.24, 2.45) is 5.92 Å². The van der Waals surface area contributed by atoms with Gasteiger partial charge in [-0.25, -0.2) is 0 Å². The van der Waals surface area contributed by atoms with E-state index in [-0.39, 0.29) is 4.70 Å². The van der Waals surface area contributed by atoms with Gasteiger partial charge in [-0.05, 0) is 25.3 Å². The van der Waals surface area contributed by atoms with Crippen LogP contribution in [0, 0.1) is 5.92 Å². The van der Waals surface area contributed by atoms with Crippen molar-refractivity contribution in [1.82, 2.24) is 5.32 Å². The normalized spacial score (nSPS) is 26.3. The predicted molar refractivity (Wildman–Crippen MR) is 38.4 cm³/mol. The summed E-state index contributed by atoms with van der Waals surface area (Å²) in [6, 6.07) is 0.815. The van der Waals surface area contributed by atoms with E-state index in [1.165, 1.54) is 19.4 Å². The third-order valence-electron chi connectivity index (χ3n) is 1.90. The Morgan fingerprint density at radius 1 is 1.44 bits per heavy atom. The monoisotopic (exact) mass is 133 g/mol. The second kappa shape index (κ2) is 3.83. The van der Waals surface area contributed by atoms with Crippen LogP contribution in [-0.2, 0) is 0 Å². The minimum atomic E-state index is 0. The van der Waals surface area contributed by atoms with Gasteiger partial charge in [-0.15, -0.1) is 0 Å². The van der Waals surface area contributed by atoms with Crippen LogP contribution < -0.4 is 5.32 Å². The molecular weight excluding hydrogens is 117 g/mol. The number of rotatable bonds is 1. The van der Waals surface area contributed by atoms with Crippen molar-refractivity contribution in [2.45, 2.75) is 32.7 Å². The van der Waals surface area contributed by atoms with E-state index in [1.54, 1.807) is 0 Å². The lowest BCUT2D eigenvalue weighted by molar-refractivity contribution is 0.452. The molecule has 0 aromatic heterocycles. The number of hydrogen-bond acceptors (Lipinski definition) is 1. The predicted octanol–water partition coefficient (Wildman–Crippen LogP) is 1.55. The van der Waals surface area contributed by atoms with Crippen molar-refractivity contribution in [3.63, 3.8) is 0 Å². The van der Waals surface area contributed by atoms with Crippen LogP contribution in [0.3, 0.4) is 0 Å². The summed E-state index contributed by atoms with van der Waals surface area (Å²) in [7, 11) is 0. The molecule has 0 bridgehead atoms. The van der Waals surface area contributed by atoms with Gasteiger partial charge >= 0.3 is 0 Å². The maximum atomic E-state index is 3.46. The van der Waals surface area contributed by atoms with Crippen LogP contribution in [0.4, 0.5) is 4.70 Å². The fourth-order valence-electron chi connectivity index (χ4n) is 1.28. The van der Waals surface area contributed by atoms with Gasteiger partial charge in [0.1, 0.15) is 0 Å². The molecule has 1 fully saturated rings. The Labute approximate surface area is 56.2 Å². The maximum absolute atomic E-state index is 3.46. The summed E-state index contributed by atoms with van der Waals surface area (Å²) in [5.74, 6) is 0.831. The SMILES string of the molecule is CC(C)C1CCCN1.F. The second-order valence-electron chi connectivity index (χ2n) is 2.95. The minimum absolute atomic E-state index is 0. The van der Waals surface area contributed by atoms with E-state index < -0.39 is 0 Å². The molecule has 0 amide bonds. The Kier molecular flexibility index (Phi) is 3.78. The Morgan fingerprint density at radius 3 is 2.33 bits per heavy atom. The smallest absolute Gasteiger partial charge is 0.00905 e. The first kappa shape index (κ1) is 8.89. The average Bonchev–Trinajstić information content (AvgIpc) is 2.12. The molecule has 1 saturated heterocycles. The summed E-state index contributed by atoms with van der Waals surface area (Å²) in [4.78, 5) is 0. The minimum Gasteiger partial charge on any atom is -0.314 e. The summed E-state index contributed by atoms with van der Waals surface area (Å²) in [5, 5.41) is 3.46. The van der Waals surface area contributed by atoms with Gasteiger partial charge in [0, 0.05) is 6.04 Å². The van der Waals surface area contributed by atoms with Gasteiger partial charge in [-0.2, -0.15) is 0 Å². The third-order valence-corrected chi connectivity index (χ3v) is 1.90. The lowest BCUT2D eigenvalue weighted by Gasteiger charge is -2.12. The zero-order valence-corrected chi connectivity index (χ0v) is 6.18. The number of halogens is 1. The largest absolute Gasteiger partial charge is 0.314 e. The molecule has 0 saturated carbocycles. The van der Waals surface area contributed by atoms with Gasteiger partial charge < -0.3 is 5.32 Å². The third kappa shape index (κ3) is 2.31. The quantitative estimate of drug-likeness (QED) is 0.572. The average molecular weight is 133 g/mol. The van der Waals surface area contributed by atoms with E-state index in [2.05, 4.69) is 19.2 Å². The maximum Gasteiger partial charge on any atom is 0.00905 e. The van der Waals surface area contributed by atoms with Gasteiger partial charge in [-0.1, -0.05) is 13.8 Å². The summed E-state index contributed by atoms with van der Waals surface area (Å²) >= 11 is 0. The van der Waals surface area contributed by atoms with Gasteiger partial charge in [0.2, 0.25) is 0 Å². The van der Waals surface area contributed by atoms with E-state index in [0.717, 1.165) is 12.0 Å². The molecule has 1 nitrogen and oxygen atoms in total. The first-order valence-corrected chi connectivity index (χ1v) is 3.54. The van der Waals surface area contributed by atoms with Crippen molar-refractivity contribution in [3.05, 3.63) is 0 Å². The zero-order valence-electron chi connectivity index (χ0n) is 6.18. The van der Waals surface area contributed by atoms with Crippen molar-refractivity contribution >= 4 is 0 Å². The summed E-state index contributed by atoms with van der Waals surface area (Å²) < 4.78 is 0. The van der Waals surface area contributed by atoms with E-state index in [0.29, 0.717) is 0 Å². The second-order valence-corrected chi connectivity index (χ2v) is 2.95. The summed E-state index contributed by atoms with van der Waals surface area (Å²) in [6.45, 7) is 5.80. The highest BCUT2D eigenvalue weighted by atomic mass is 19.0. The van der Waals surface area contributed by atoms with Gasteiger partial charge in [-0.3, -0.25) is 4.70 Å². The lowest BCUT2D eigenvalue weighted by Crippen LogP contribution is -2.26. The molecule has 0 radical (unpaired) electrons. The topological polar surface area (TPSA) is 12.0 Å². The molecule has 56 valence electrons. The zero-order chi connectivity index (χ0) is 5.98. The Balaban J connectivity index is 0.000000640. The Morgan fingerprint density at radius 2 is 2.11 bits per heavy atom. The van der Waals surface area contributed by atoms with Crippen LogP contribution in [0.15, 0.2) is 0 Å². The molecule has 1 aliphatic rings. The molecule has 1 heterocycles. The van der Waals surface area contributed by atoms with Crippen molar-refractivity contribution < 1.29 is 4.70 Å². The van der Waals surface area contributed by atoms with Crippen LogP contribution in [0.2, 0.25) is 0 Å². The molecule has 1 N–H and O–H groups in total.